The molecule has 344 valence electrons. The Kier molecular flexibility index (Phi) is 18.2. The average molecular weight is 991 g/mol. The molecule has 8 rings (SSSR count). The number of rotatable bonds is 5. The van der Waals surface area contributed by atoms with Gasteiger partial charge in [-0.05, 0) is 92.2 Å². The molecule has 1 aliphatic carbocycles. The molecule has 0 aliphatic heterocycles. The molecule has 0 saturated heterocycles. The summed E-state index contributed by atoms with van der Waals surface area (Å²) in [7, 11) is 0. The van der Waals surface area contributed by atoms with Crippen molar-refractivity contribution in [3.05, 3.63) is 205 Å². The maximum absolute atomic E-state index is 4.01. The number of halogens is 2. The Labute approximate surface area is 427 Å². The van der Waals surface area contributed by atoms with Crippen molar-refractivity contribution < 1.29 is 49.0 Å². The monoisotopic (exact) mass is 988 g/mol. The van der Waals surface area contributed by atoms with Gasteiger partial charge in [0.05, 0.1) is 0 Å². The summed E-state index contributed by atoms with van der Waals surface area (Å²) >= 11 is 1.46. The van der Waals surface area contributed by atoms with E-state index in [1.165, 1.54) is 139 Å². The molecule has 7 aromatic carbocycles. The van der Waals surface area contributed by atoms with Crippen molar-refractivity contribution in [3.63, 3.8) is 0 Å². The quantitative estimate of drug-likeness (QED) is 0.151. The van der Waals surface area contributed by atoms with Gasteiger partial charge >= 0.3 is 99.2 Å². The van der Waals surface area contributed by atoms with Crippen LogP contribution < -0.4 is 24.8 Å². The molecular weight excluding hydrogens is 919 g/mol. The molecule has 0 heterocycles. The molecule has 0 bridgehead atoms. The van der Waals surface area contributed by atoms with Gasteiger partial charge in [0, 0.05) is 0 Å². The van der Waals surface area contributed by atoms with Crippen LogP contribution in [0.4, 0.5) is 0 Å². The fourth-order valence-corrected chi connectivity index (χ4v) is 10.4. The van der Waals surface area contributed by atoms with Crippen LogP contribution >= 0.6 is 0 Å². The molecule has 0 unspecified atom stereocenters. The van der Waals surface area contributed by atoms with E-state index in [4.69, 9.17) is 0 Å². The van der Waals surface area contributed by atoms with E-state index in [9.17, 15) is 0 Å². The molecule has 0 N–H and O–H groups in total. The van der Waals surface area contributed by atoms with E-state index < -0.39 is 0 Å². The number of fused-ring (bicyclic) bond motifs is 3. The van der Waals surface area contributed by atoms with Crippen molar-refractivity contribution >= 4 is 3.21 Å². The van der Waals surface area contributed by atoms with Crippen LogP contribution in [0.25, 0.3) is 33.4 Å². The first-order chi connectivity index (χ1) is 30.0. The van der Waals surface area contributed by atoms with E-state index in [1.807, 2.05) is 0 Å². The molecule has 66 heavy (non-hydrogen) atoms. The van der Waals surface area contributed by atoms with Crippen LogP contribution in [-0.2, 0) is 53.3 Å². The summed E-state index contributed by atoms with van der Waals surface area (Å²) in [6.45, 7) is 36.5. The van der Waals surface area contributed by atoms with Crippen LogP contribution in [0.15, 0.2) is 121 Å². The van der Waals surface area contributed by atoms with Gasteiger partial charge in [-0.2, -0.15) is 23.3 Å². The van der Waals surface area contributed by atoms with Gasteiger partial charge < -0.3 is 24.8 Å². The Morgan fingerprint density at radius 2 is 1.00 bits per heavy atom. The van der Waals surface area contributed by atoms with E-state index in [0.717, 1.165) is 12.8 Å². The van der Waals surface area contributed by atoms with Crippen molar-refractivity contribution in [2.45, 2.75) is 140 Å². The summed E-state index contributed by atoms with van der Waals surface area (Å²) in [4.78, 5) is 0. The fraction of sp³-hybridized carbons (Fsp3) is 0.333. The predicted octanol–water partition coefficient (Wildman–Crippen LogP) is 10.9. The third-order valence-corrected chi connectivity index (χ3v) is 14.2. The van der Waals surface area contributed by atoms with Gasteiger partial charge in [-0.15, -0.1) is 28.8 Å². The number of benzene rings is 6. The topological polar surface area (TPSA) is 0 Å². The van der Waals surface area contributed by atoms with Gasteiger partial charge in [0.25, 0.3) is 0 Å². The van der Waals surface area contributed by atoms with E-state index in [0.29, 0.717) is 5.41 Å². The zero-order chi connectivity index (χ0) is 46.9. The third kappa shape index (κ3) is 12.6. The second kappa shape index (κ2) is 22.0. The molecule has 1 aliphatic rings. The molecular formula is C63H72Cl2Zr-2. The van der Waals surface area contributed by atoms with E-state index in [1.54, 1.807) is 0 Å². The summed E-state index contributed by atoms with van der Waals surface area (Å²) in [5.41, 5.74) is 27.8. The molecule has 0 amide bonds. The van der Waals surface area contributed by atoms with Crippen molar-refractivity contribution in [3.8, 4) is 33.4 Å². The van der Waals surface area contributed by atoms with Gasteiger partial charge in [0.15, 0.2) is 0 Å². The first kappa shape index (κ1) is 54.6. The Bertz CT molecular complexity index is 2570. The summed E-state index contributed by atoms with van der Waals surface area (Å²) < 4.78 is 1.42. The van der Waals surface area contributed by atoms with Gasteiger partial charge in [0.1, 0.15) is 0 Å². The van der Waals surface area contributed by atoms with Crippen molar-refractivity contribution in [2.24, 2.45) is 0 Å². The normalized spacial score (nSPS) is 11.8. The zero-order valence-electron chi connectivity index (χ0n) is 42.7. The van der Waals surface area contributed by atoms with Crippen LogP contribution in [0.5, 0.6) is 0 Å². The predicted molar refractivity (Wildman–Crippen MR) is 276 cm³/mol. The Balaban J connectivity index is 0.000000287. The van der Waals surface area contributed by atoms with Crippen LogP contribution in [0, 0.1) is 47.6 Å². The van der Waals surface area contributed by atoms with E-state index in [-0.39, 0.29) is 35.6 Å². The molecule has 3 heteroatoms. The number of hydrogen-bond acceptors (Lipinski definition) is 0. The Morgan fingerprint density at radius 3 is 1.41 bits per heavy atom. The van der Waals surface area contributed by atoms with Crippen LogP contribution in [0.1, 0.15) is 147 Å². The second-order valence-electron chi connectivity index (χ2n) is 21.4. The number of aryl methyl sites for hydroxylation is 7. The molecule has 0 nitrogen and oxygen atoms in total. The molecule has 0 radical (unpaired) electrons. The molecule has 0 spiro atoms. The van der Waals surface area contributed by atoms with Crippen LogP contribution in [0.2, 0.25) is 0 Å². The van der Waals surface area contributed by atoms with Gasteiger partial charge in [0.2, 0.25) is 0 Å². The van der Waals surface area contributed by atoms with Gasteiger partial charge in [-0.3, -0.25) is 0 Å². The average Bonchev–Trinajstić information content (AvgIpc) is 3.85. The van der Waals surface area contributed by atoms with Gasteiger partial charge in [-0.1, -0.05) is 156 Å². The molecule has 0 atom stereocenters. The summed E-state index contributed by atoms with van der Waals surface area (Å²) in [6, 6.07) is 48.7. The van der Waals surface area contributed by atoms with E-state index in [2.05, 4.69) is 238 Å². The van der Waals surface area contributed by atoms with Crippen molar-refractivity contribution in [1.29, 1.82) is 0 Å². The molecule has 0 aromatic heterocycles. The van der Waals surface area contributed by atoms with Crippen LogP contribution in [-0.4, -0.2) is 3.21 Å². The molecule has 7 aromatic rings. The summed E-state index contributed by atoms with van der Waals surface area (Å²) in [5.74, 6) is 0. The minimum absolute atomic E-state index is 0. The van der Waals surface area contributed by atoms with Gasteiger partial charge in [-0.25, -0.2) is 6.07 Å². The Hall–Kier alpha value is -4.00. The summed E-state index contributed by atoms with van der Waals surface area (Å²) in [6.07, 6.45) is 2.09. The standard InChI is InChI=1S/C39H45.C13H10.C11H17.2ClH.Zr/c1-22-13-24(3)36(25(4)14-22)32-18-28-17-29-19-33(37-26(5)15-23(2)16-27(37)6)35(39(10,11)12)21-31(29)30(28)20-34(32)38(7,8)9;1-3-7-12(8-4-1)11-13-9-5-2-6-10-13;1-5-9-6-7-10(8-9)11(2,3)4;;;/h13-16,18,20-21H,17H2,1-12H3;1-10H;6-8H,5H2,1-4H3;2*1H;/q-1;;-1;;;+2/p-2. The maximum atomic E-state index is 4.01. The van der Waals surface area contributed by atoms with E-state index >= 15 is 0 Å². The van der Waals surface area contributed by atoms with Crippen LogP contribution in [0.3, 0.4) is 0 Å². The van der Waals surface area contributed by atoms with Crippen molar-refractivity contribution in [2.75, 3.05) is 0 Å². The molecule has 0 fully saturated rings. The Morgan fingerprint density at radius 1 is 0.545 bits per heavy atom. The summed E-state index contributed by atoms with van der Waals surface area (Å²) in [5, 5.41) is 0. The third-order valence-electron chi connectivity index (χ3n) is 12.8. The molecule has 0 saturated carbocycles. The second-order valence-corrected chi connectivity index (χ2v) is 22.7. The number of hydrogen-bond donors (Lipinski definition) is 0. The van der Waals surface area contributed by atoms with Crippen molar-refractivity contribution in [1.82, 2.24) is 0 Å². The first-order valence-corrected chi connectivity index (χ1v) is 24.6. The fourth-order valence-electron chi connectivity index (χ4n) is 9.55. The minimum atomic E-state index is 0. The zero-order valence-corrected chi connectivity index (χ0v) is 46.7. The first-order valence-electron chi connectivity index (χ1n) is 23.4. The SMILES string of the molecule is CCc1cc(C(C)(C)C)c[cH-]1.Cc1cc(C)c(-c2[c-]c3c(cc2C(C)(C)C)-c2cc(C(C)(C)C)c(-c4c(C)cc(C)cc4C)cc2C3)c(C)c1.[Cl-].[Cl-].[Zr+2]=[C](c1ccccc1)c1ccccc1.